The topological polar surface area (TPSA) is 75.3 Å². The van der Waals surface area contributed by atoms with Gasteiger partial charge in [0.25, 0.3) is 0 Å². The lowest BCUT2D eigenvalue weighted by Crippen LogP contribution is -2.27. The lowest BCUT2D eigenvalue weighted by atomic mass is 10.0. The van der Waals surface area contributed by atoms with Crippen LogP contribution in [0.3, 0.4) is 0 Å². The maximum Gasteiger partial charge on any atom is 0.241 e. The van der Waals surface area contributed by atoms with Crippen LogP contribution in [0.25, 0.3) is 0 Å². The van der Waals surface area contributed by atoms with Crippen LogP contribution >= 0.6 is 0 Å². The van der Waals surface area contributed by atoms with E-state index in [4.69, 9.17) is 0 Å². The molecule has 1 heterocycles. The molecule has 0 saturated carbocycles. The Hall–Kier alpha value is -2.25. The van der Waals surface area contributed by atoms with E-state index < -0.39 is 16.1 Å². The van der Waals surface area contributed by atoms with Gasteiger partial charge in [0, 0.05) is 18.2 Å². The second-order valence-electron chi connectivity index (χ2n) is 5.76. The van der Waals surface area contributed by atoms with Gasteiger partial charge in [0.05, 0.1) is 4.90 Å². The fourth-order valence-electron chi connectivity index (χ4n) is 2.65. The predicted molar refractivity (Wildman–Crippen MR) is 88.5 cm³/mol. The number of carbonyl (C=O) groups excluding carboxylic acids is 1. The van der Waals surface area contributed by atoms with Crippen molar-refractivity contribution in [1.29, 1.82) is 0 Å². The van der Waals surface area contributed by atoms with Gasteiger partial charge in [-0.1, -0.05) is 12.1 Å². The summed E-state index contributed by atoms with van der Waals surface area (Å²) in [5.74, 6) is -0.438. The molecule has 24 heavy (non-hydrogen) atoms. The number of aryl methyl sites for hydroxylation is 1. The van der Waals surface area contributed by atoms with Crippen molar-refractivity contribution in [3.8, 4) is 0 Å². The minimum atomic E-state index is -3.72. The summed E-state index contributed by atoms with van der Waals surface area (Å²) >= 11 is 0. The molecule has 0 aromatic heterocycles. The molecule has 0 aliphatic carbocycles. The highest BCUT2D eigenvalue weighted by molar-refractivity contribution is 7.89. The van der Waals surface area contributed by atoms with Gasteiger partial charge in [0.2, 0.25) is 15.9 Å². The summed E-state index contributed by atoms with van der Waals surface area (Å²) in [6.45, 7) is 1.70. The van der Waals surface area contributed by atoms with E-state index in [1.807, 2.05) is 0 Å². The van der Waals surface area contributed by atoms with Crippen LogP contribution < -0.4 is 10.0 Å². The van der Waals surface area contributed by atoms with Gasteiger partial charge in [0.15, 0.2) is 0 Å². The number of halogens is 1. The number of anilines is 1. The maximum atomic E-state index is 13.0. The second-order valence-corrected chi connectivity index (χ2v) is 7.48. The number of benzene rings is 2. The predicted octanol–water partition coefficient (Wildman–Crippen LogP) is 2.75. The van der Waals surface area contributed by atoms with Crippen LogP contribution in [0.2, 0.25) is 0 Å². The molecule has 5 nitrogen and oxygen atoms in total. The molecule has 3 rings (SSSR count). The number of hydrogen-bond donors (Lipinski definition) is 2. The molecule has 1 aliphatic heterocycles. The van der Waals surface area contributed by atoms with Gasteiger partial charge in [-0.15, -0.1) is 0 Å². The molecule has 0 bridgehead atoms. The van der Waals surface area contributed by atoms with Gasteiger partial charge in [-0.3, -0.25) is 4.79 Å². The zero-order chi connectivity index (χ0) is 17.3. The van der Waals surface area contributed by atoms with Crippen LogP contribution in [-0.4, -0.2) is 14.3 Å². The number of amides is 1. The number of carbonyl (C=O) groups is 1. The first-order chi connectivity index (χ1) is 11.3. The summed E-state index contributed by atoms with van der Waals surface area (Å²) < 4.78 is 40.7. The molecule has 0 radical (unpaired) electrons. The fourth-order valence-corrected chi connectivity index (χ4v) is 3.93. The van der Waals surface area contributed by atoms with E-state index in [-0.39, 0.29) is 16.6 Å². The number of hydrogen-bond acceptors (Lipinski definition) is 3. The Morgan fingerprint density at radius 3 is 2.54 bits per heavy atom. The molecule has 0 fully saturated rings. The van der Waals surface area contributed by atoms with Gasteiger partial charge in [-0.25, -0.2) is 17.5 Å². The average molecular weight is 348 g/mol. The molecule has 2 N–H and O–H groups in total. The average Bonchev–Trinajstić information content (AvgIpc) is 2.54. The SMILES string of the molecule is C[C@@H](NS(=O)(=O)c1ccc2c(c1)CCC(=O)N2)c1ccc(F)cc1. The van der Waals surface area contributed by atoms with E-state index in [0.29, 0.717) is 24.1 Å². The van der Waals surface area contributed by atoms with E-state index in [0.717, 1.165) is 5.56 Å². The van der Waals surface area contributed by atoms with Crippen LogP contribution in [0.15, 0.2) is 47.4 Å². The molecule has 2 aromatic carbocycles. The molecule has 0 saturated heterocycles. The summed E-state index contributed by atoms with van der Waals surface area (Å²) in [4.78, 5) is 11.5. The van der Waals surface area contributed by atoms with Crippen molar-refractivity contribution in [3.63, 3.8) is 0 Å². The summed E-state index contributed by atoms with van der Waals surface area (Å²) in [6, 6.07) is 9.83. The third-order valence-corrected chi connectivity index (χ3v) is 5.52. The van der Waals surface area contributed by atoms with E-state index >= 15 is 0 Å². The van der Waals surface area contributed by atoms with Crippen LogP contribution in [0.4, 0.5) is 10.1 Å². The summed E-state index contributed by atoms with van der Waals surface area (Å²) in [7, 11) is -3.72. The molecule has 126 valence electrons. The summed E-state index contributed by atoms with van der Waals surface area (Å²) in [5.41, 5.74) is 2.12. The quantitative estimate of drug-likeness (QED) is 0.892. The first kappa shape index (κ1) is 16.6. The monoisotopic (exact) mass is 348 g/mol. The Bertz CT molecular complexity index is 879. The number of sulfonamides is 1. The molecular formula is C17H17FN2O3S. The normalized spacial score (nSPS) is 15.5. The molecule has 1 atom stereocenters. The van der Waals surface area contributed by atoms with E-state index in [1.165, 1.54) is 18.2 Å². The lowest BCUT2D eigenvalue weighted by Gasteiger charge is -2.19. The Morgan fingerprint density at radius 2 is 1.83 bits per heavy atom. The van der Waals surface area contributed by atoms with Crippen LogP contribution in [0.5, 0.6) is 0 Å². The summed E-state index contributed by atoms with van der Waals surface area (Å²) in [6.07, 6.45) is 0.855. The van der Waals surface area contributed by atoms with Crippen molar-refractivity contribution in [2.45, 2.75) is 30.7 Å². The van der Waals surface area contributed by atoms with Gasteiger partial charge in [-0.05, 0) is 54.8 Å². The summed E-state index contributed by atoms with van der Waals surface area (Å²) in [5, 5.41) is 2.72. The van der Waals surface area contributed by atoms with E-state index in [9.17, 15) is 17.6 Å². The number of rotatable bonds is 4. The number of nitrogens with one attached hydrogen (secondary N) is 2. The first-order valence-electron chi connectivity index (χ1n) is 7.56. The molecule has 7 heteroatoms. The first-order valence-corrected chi connectivity index (χ1v) is 9.04. The molecular weight excluding hydrogens is 331 g/mol. The van der Waals surface area contributed by atoms with E-state index in [2.05, 4.69) is 10.0 Å². The molecule has 2 aromatic rings. The van der Waals surface area contributed by atoms with E-state index in [1.54, 1.807) is 31.2 Å². The third-order valence-electron chi connectivity index (χ3n) is 3.98. The van der Waals surface area contributed by atoms with Crippen molar-refractivity contribution >= 4 is 21.6 Å². The highest BCUT2D eigenvalue weighted by Gasteiger charge is 2.22. The van der Waals surface area contributed by atoms with Crippen LogP contribution in [0, 0.1) is 5.82 Å². The second kappa shape index (κ2) is 6.33. The van der Waals surface area contributed by atoms with Crippen LogP contribution in [-0.2, 0) is 21.2 Å². The zero-order valence-electron chi connectivity index (χ0n) is 13.0. The largest absolute Gasteiger partial charge is 0.326 e. The van der Waals surface area contributed by atoms with Crippen molar-refractivity contribution in [2.75, 3.05) is 5.32 Å². The Labute approximate surface area is 139 Å². The van der Waals surface area contributed by atoms with Crippen molar-refractivity contribution < 1.29 is 17.6 Å². The van der Waals surface area contributed by atoms with Gasteiger partial charge < -0.3 is 5.32 Å². The molecule has 1 amide bonds. The molecule has 1 aliphatic rings. The lowest BCUT2D eigenvalue weighted by molar-refractivity contribution is -0.116. The minimum Gasteiger partial charge on any atom is -0.326 e. The molecule has 0 unspecified atom stereocenters. The number of fused-ring (bicyclic) bond motifs is 1. The maximum absolute atomic E-state index is 13.0. The van der Waals surface area contributed by atoms with Gasteiger partial charge >= 0.3 is 0 Å². The fraction of sp³-hybridized carbons (Fsp3) is 0.235. The van der Waals surface area contributed by atoms with Crippen molar-refractivity contribution in [3.05, 3.63) is 59.4 Å². The third kappa shape index (κ3) is 3.47. The van der Waals surface area contributed by atoms with Crippen molar-refractivity contribution in [2.24, 2.45) is 0 Å². The zero-order valence-corrected chi connectivity index (χ0v) is 13.9. The van der Waals surface area contributed by atoms with Gasteiger partial charge in [-0.2, -0.15) is 0 Å². The minimum absolute atomic E-state index is 0.0684. The standard InChI is InChI=1S/C17H17FN2O3S/c1-11(12-2-5-14(18)6-3-12)20-24(22,23)15-7-8-16-13(10-15)4-9-17(21)19-16/h2-3,5-8,10-11,20H,4,9H2,1H3,(H,19,21)/t11-/m1/s1. The van der Waals surface area contributed by atoms with Gasteiger partial charge in [0.1, 0.15) is 5.82 Å². The van der Waals surface area contributed by atoms with Crippen molar-refractivity contribution in [1.82, 2.24) is 4.72 Å². The molecule has 0 spiro atoms. The highest BCUT2D eigenvalue weighted by atomic mass is 32.2. The van der Waals surface area contributed by atoms with Crippen LogP contribution in [0.1, 0.15) is 30.5 Å². The smallest absolute Gasteiger partial charge is 0.241 e. The Kier molecular flexibility index (Phi) is 4.38. The highest BCUT2D eigenvalue weighted by Crippen LogP contribution is 2.26. The Balaban J connectivity index is 1.82. The Morgan fingerprint density at radius 1 is 1.12 bits per heavy atom.